The number of hydrogen-bond acceptors (Lipinski definition) is 10. The topological polar surface area (TPSA) is 129 Å². The number of aromatic nitrogens is 1. The van der Waals surface area contributed by atoms with Crippen LogP contribution >= 0.6 is 0 Å². The van der Waals surface area contributed by atoms with E-state index in [1.807, 2.05) is 0 Å². The van der Waals surface area contributed by atoms with E-state index in [9.17, 15) is 28.0 Å². The maximum Gasteiger partial charge on any atom is 0.387 e. The van der Waals surface area contributed by atoms with Crippen molar-refractivity contribution in [1.82, 2.24) is 4.57 Å². The molecule has 0 radical (unpaired) electrons. The van der Waals surface area contributed by atoms with Gasteiger partial charge in [0.15, 0.2) is 24.5 Å². The number of benzene rings is 2. The van der Waals surface area contributed by atoms with Crippen LogP contribution in [0.3, 0.4) is 0 Å². The van der Waals surface area contributed by atoms with E-state index in [-0.39, 0.29) is 17.6 Å². The second-order valence-corrected chi connectivity index (χ2v) is 9.98. The fourth-order valence-corrected chi connectivity index (χ4v) is 5.13. The van der Waals surface area contributed by atoms with E-state index in [2.05, 4.69) is 4.74 Å². The normalized spacial score (nSPS) is 21.5. The first kappa shape index (κ1) is 32.3. The molecule has 44 heavy (non-hydrogen) atoms. The van der Waals surface area contributed by atoms with Gasteiger partial charge in [-0.05, 0) is 41.8 Å². The molecule has 0 saturated carbocycles. The Morgan fingerprint density at radius 3 is 2.05 bits per heavy atom. The first-order valence-electron chi connectivity index (χ1n) is 13.5. The summed E-state index contributed by atoms with van der Waals surface area (Å²) in [5, 5.41) is 0.188. The zero-order valence-corrected chi connectivity index (χ0v) is 24.2. The molecular formula is C30H30F3NO10. The van der Waals surface area contributed by atoms with Crippen LogP contribution in [0.5, 0.6) is 5.75 Å². The van der Waals surface area contributed by atoms with Gasteiger partial charge < -0.3 is 33.0 Å². The number of carbonyl (C=O) groups is 4. The smallest absolute Gasteiger partial charge is 0.387 e. The number of nitrogens with zero attached hydrogens (tertiary/aromatic N) is 1. The van der Waals surface area contributed by atoms with Crippen LogP contribution < -0.4 is 4.74 Å². The number of alkyl halides is 2. The lowest BCUT2D eigenvalue weighted by molar-refractivity contribution is -0.267. The number of carbonyl (C=O) groups excluding carboxylic acids is 4. The van der Waals surface area contributed by atoms with Crippen molar-refractivity contribution in [3.63, 3.8) is 0 Å². The van der Waals surface area contributed by atoms with Gasteiger partial charge in [-0.25, -0.2) is 4.39 Å². The van der Waals surface area contributed by atoms with Gasteiger partial charge in [0, 0.05) is 39.3 Å². The summed E-state index contributed by atoms with van der Waals surface area (Å²) in [6.45, 7) is 1.08. The van der Waals surface area contributed by atoms with Crippen molar-refractivity contribution in [2.45, 2.75) is 71.4 Å². The summed E-state index contributed by atoms with van der Waals surface area (Å²) in [6, 6.07) is 10.1. The maximum atomic E-state index is 15.4. The third-order valence-corrected chi connectivity index (χ3v) is 6.67. The maximum absolute atomic E-state index is 15.4. The molecule has 1 saturated heterocycles. The number of hydrogen-bond donors (Lipinski definition) is 0. The van der Waals surface area contributed by atoms with Gasteiger partial charge in [-0.3, -0.25) is 19.2 Å². The fraction of sp³-hybridized carbons (Fsp3) is 0.400. The van der Waals surface area contributed by atoms with Crippen LogP contribution in [0.15, 0.2) is 48.7 Å². The Labute approximate surface area is 249 Å². The number of esters is 4. The van der Waals surface area contributed by atoms with Crippen LogP contribution in [0.1, 0.15) is 45.0 Å². The number of ether oxygens (including phenoxy) is 6. The Balaban J connectivity index is 1.83. The molecule has 0 spiro atoms. The van der Waals surface area contributed by atoms with Crippen molar-refractivity contribution in [3.05, 3.63) is 65.6 Å². The van der Waals surface area contributed by atoms with Crippen molar-refractivity contribution in [1.29, 1.82) is 0 Å². The number of fused-ring (bicyclic) bond motifs is 1. The van der Waals surface area contributed by atoms with Crippen LogP contribution in [0.4, 0.5) is 13.2 Å². The Bertz CT molecular complexity index is 1520. The highest BCUT2D eigenvalue weighted by atomic mass is 19.3. The summed E-state index contributed by atoms with van der Waals surface area (Å²) in [6.07, 6.45) is -4.99. The molecule has 14 heteroatoms. The Hall–Kier alpha value is -4.59. The Kier molecular flexibility index (Phi) is 10.1. The summed E-state index contributed by atoms with van der Waals surface area (Å²) >= 11 is 0. The van der Waals surface area contributed by atoms with Crippen LogP contribution in [-0.2, 0) is 49.3 Å². The van der Waals surface area contributed by atoms with Gasteiger partial charge in [-0.1, -0.05) is 18.2 Å². The molecule has 2 aromatic carbocycles. The molecule has 1 fully saturated rings. The summed E-state index contributed by atoms with van der Waals surface area (Å²) in [5.74, 6) is -3.65. The summed E-state index contributed by atoms with van der Waals surface area (Å²) in [4.78, 5) is 48.2. The van der Waals surface area contributed by atoms with Crippen LogP contribution in [0.2, 0.25) is 0 Å². The number of halogens is 3. The van der Waals surface area contributed by atoms with Gasteiger partial charge >= 0.3 is 30.5 Å². The molecule has 2 heterocycles. The summed E-state index contributed by atoms with van der Waals surface area (Å²) in [7, 11) is 0. The van der Waals surface area contributed by atoms with Gasteiger partial charge in [0.05, 0.1) is 5.52 Å². The lowest BCUT2D eigenvalue weighted by Crippen LogP contribution is -2.60. The quantitative estimate of drug-likeness (QED) is 0.240. The average Bonchev–Trinajstić information content (AvgIpc) is 3.29. The lowest BCUT2D eigenvalue weighted by Gasteiger charge is -2.44. The third kappa shape index (κ3) is 7.67. The van der Waals surface area contributed by atoms with Gasteiger partial charge in [0.25, 0.3) is 0 Å². The van der Waals surface area contributed by atoms with Crippen molar-refractivity contribution in [2.24, 2.45) is 0 Å². The molecule has 236 valence electrons. The van der Waals surface area contributed by atoms with Crippen molar-refractivity contribution in [3.8, 4) is 5.75 Å². The minimum Gasteiger partial charge on any atom is -0.463 e. The number of rotatable bonds is 10. The second kappa shape index (κ2) is 13.8. The Morgan fingerprint density at radius 2 is 1.45 bits per heavy atom. The molecule has 1 unspecified atom stereocenters. The predicted molar refractivity (Wildman–Crippen MR) is 145 cm³/mol. The molecule has 0 aliphatic carbocycles. The van der Waals surface area contributed by atoms with E-state index in [1.165, 1.54) is 28.8 Å². The second-order valence-electron chi connectivity index (χ2n) is 9.98. The molecule has 0 amide bonds. The van der Waals surface area contributed by atoms with Crippen LogP contribution in [0.25, 0.3) is 10.9 Å². The van der Waals surface area contributed by atoms with E-state index >= 15 is 4.39 Å². The monoisotopic (exact) mass is 621 g/mol. The predicted octanol–water partition coefficient (Wildman–Crippen LogP) is 4.23. The molecule has 4 rings (SSSR count). The molecule has 1 aliphatic rings. The molecule has 0 N–H and O–H groups in total. The lowest BCUT2D eigenvalue weighted by atomic mass is 9.97. The van der Waals surface area contributed by atoms with Crippen molar-refractivity contribution < 1.29 is 60.8 Å². The third-order valence-electron chi connectivity index (χ3n) is 6.67. The van der Waals surface area contributed by atoms with Crippen molar-refractivity contribution >= 4 is 34.8 Å². The highest BCUT2D eigenvalue weighted by molar-refractivity contribution is 5.85. The van der Waals surface area contributed by atoms with Crippen LogP contribution in [-0.4, -0.2) is 66.1 Å². The molecular weight excluding hydrogens is 591 g/mol. The Morgan fingerprint density at radius 1 is 0.841 bits per heavy atom. The van der Waals surface area contributed by atoms with E-state index < -0.39 is 73.6 Å². The van der Waals surface area contributed by atoms with Gasteiger partial charge in [0.2, 0.25) is 0 Å². The van der Waals surface area contributed by atoms with E-state index in [4.69, 9.17) is 23.7 Å². The largest absolute Gasteiger partial charge is 0.463 e. The SMILES string of the molecule is CC(=O)OC[C@H]1OC(n2cc(Cc3ccc(OC(F)F)cc3)c3c(F)cccc32)[C@H](OC(C)=O)[C@@H](OC(C)=O)[C@@H]1OC(C)=O. The van der Waals surface area contributed by atoms with E-state index in [1.54, 1.807) is 24.4 Å². The van der Waals surface area contributed by atoms with Crippen LogP contribution in [0, 0.1) is 5.82 Å². The zero-order chi connectivity index (χ0) is 32.1. The molecule has 0 bridgehead atoms. The van der Waals surface area contributed by atoms with Gasteiger partial charge in [0.1, 0.15) is 24.3 Å². The fourth-order valence-electron chi connectivity index (χ4n) is 5.13. The van der Waals surface area contributed by atoms with E-state index in [0.717, 1.165) is 27.7 Å². The average molecular weight is 622 g/mol. The summed E-state index contributed by atoms with van der Waals surface area (Å²) in [5.41, 5.74) is 1.39. The summed E-state index contributed by atoms with van der Waals surface area (Å²) < 4.78 is 74.3. The first-order chi connectivity index (χ1) is 20.8. The van der Waals surface area contributed by atoms with Gasteiger partial charge in [-0.2, -0.15) is 8.78 Å². The standard InChI is InChI=1S/C30H30F3NO10/c1-15(35)39-14-24-26(40-16(2)36)27(41-17(3)37)28(42-18(4)38)29(44-24)34-13-20(25-22(31)6-5-7-23(25)34)12-19-8-10-21(11-9-19)43-30(32)33/h5-11,13,24,26-30H,12,14H2,1-4H3/t24-,26-,27+,28-,29?/m1/s1. The molecule has 5 atom stereocenters. The molecule has 1 aliphatic heterocycles. The highest BCUT2D eigenvalue weighted by Crippen LogP contribution is 2.38. The zero-order valence-electron chi connectivity index (χ0n) is 24.2. The minimum absolute atomic E-state index is 0.0464. The molecule has 11 nitrogen and oxygen atoms in total. The molecule has 3 aromatic rings. The highest BCUT2D eigenvalue weighted by Gasteiger charge is 2.53. The van der Waals surface area contributed by atoms with Crippen molar-refractivity contribution in [2.75, 3.05) is 6.61 Å². The van der Waals surface area contributed by atoms with Gasteiger partial charge in [-0.15, -0.1) is 0 Å². The molecule has 1 aromatic heterocycles. The minimum atomic E-state index is -2.99. The van der Waals surface area contributed by atoms with E-state index in [0.29, 0.717) is 16.6 Å². The first-order valence-corrected chi connectivity index (χ1v) is 13.5.